The number of nitriles is 1. The van der Waals surface area contributed by atoms with Crippen molar-refractivity contribution in [2.24, 2.45) is 0 Å². The number of alkyl halides is 3. The third kappa shape index (κ3) is 3.75. The Bertz CT molecular complexity index is 1210. The summed E-state index contributed by atoms with van der Waals surface area (Å²) in [7, 11) is -3.84. The monoisotopic (exact) mass is 409 g/mol. The van der Waals surface area contributed by atoms with Crippen LogP contribution in [-0.2, 0) is 16.0 Å². The molecular weight excluding hydrogens is 398 g/mol. The van der Waals surface area contributed by atoms with Crippen LogP contribution in [0.2, 0.25) is 0 Å². The fraction of sp³-hybridized carbons (Fsp3) is 0.111. The Morgan fingerprint density at radius 1 is 1.11 bits per heavy atom. The van der Waals surface area contributed by atoms with Crippen LogP contribution < -0.4 is 0 Å². The van der Waals surface area contributed by atoms with Gasteiger partial charge in [-0.1, -0.05) is 12.1 Å². The fourth-order valence-corrected chi connectivity index (χ4v) is 3.32. The third-order valence-electron chi connectivity index (χ3n) is 3.85. The first-order chi connectivity index (χ1) is 13.0. The van der Waals surface area contributed by atoms with E-state index in [1.165, 1.54) is 30.3 Å². The maximum atomic E-state index is 14.3. The number of aromatic nitrogens is 2. The molecule has 0 aliphatic heterocycles. The molecule has 0 fully saturated rings. The van der Waals surface area contributed by atoms with Crippen molar-refractivity contribution in [3.05, 3.63) is 65.6 Å². The van der Waals surface area contributed by atoms with Crippen molar-refractivity contribution < 1.29 is 26.0 Å². The van der Waals surface area contributed by atoms with Crippen LogP contribution in [0.25, 0.3) is 16.9 Å². The van der Waals surface area contributed by atoms with Crippen molar-refractivity contribution in [2.75, 3.05) is 6.26 Å². The zero-order chi connectivity index (χ0) is 20.7. The Kier molecular flexibility index (Phi) is 4.72. The highest BCUT2D eigenvalue weighted by Crippen LogP contribution is 2.34. The molecule has 0 radical (unpaired) electrons. The molecule has 1 heterocycles. The lowest BCUT2D eigenvalue weighted by atomic mass is 10.1. The Hall–Kier alpha value is -3.19. The van der Waals surface area contributed by atoms with Crippen LogP contribution in [-0.4, -0.2) is 24.5 Å². The van der Waals surface area contributed by atoms with Gasteiger partial charge < -0.3 is 0 Å². The van der Waals surface area contributed by atoms with Crippen LogP contribution in [0.4, 0.5) is 17.6 Å². The van der Waals surface area contributed by atoms with Crippen molar-refractivity contribution >= 4 is 9.84 Å². The summed E-state index contributed by atoms with van der Waals surface area (Å²) >= 11 is 0. The summed E-state index contributed by atoms with van der Waals surface area (Å²) in [5.41, 5.74) is -0.961. The van der Waals surface area contributed by atoms with E-state index < -0.39 is 32.4 Å². The summed E-state index contributed by atoms with van der Waals surface area (Å²) in [4.78, 5) is -0.565. The minimum Gasteiger partial charge on any atom is -0.232 e. The fourth-order valence-electron chi connectivity index (χ4n) is 2.59. The predicted molar refractivity (Wildman–Crippen MR) is 91.8 cm³/mol. The highest BCUT2D eigenvalue weighted by molar-refractivity contribution is 7.90. The van der Waals surface area contributed by atoms with Crippen LogP contribution >= 0.6 is 0 Å². The summed E-state index contributed by atoms with van der Waals surface area (Å²) in [6, 6.07) is 11.3. The van der Waals surface area contributed by atoms with Gasteiger partial charge in [-0.05, 0) is 36.4 Å². The number of benzene rings is 2. The Morgan fingerprint density at radius 3 is 2.39 bits per heavy atom. The predicted octanol–water partition coefficient (Wildman–Crippen LogP) is 3.97. The lowest BCUT2D eigenvalue weighted by Gasteiger charge is -2.09. The van der Waals surface area contributed by atoms with E-state index in [1.807, 2.05) is 6.07 Å². The average molecular weight is 409 g/mol. The summed E-state index contributed by atoms with van der Waals surface area (Å²) in [6.07, 6.45) is -3.93. The summed E-state index contributed by atoms with van der Waals surface area (Å²) in [6.45, 7) is 0. The molecular formula is C18H11F4N3O2S. The molecule has 0 atom stereocenters. The van der Waals surface area contributed by atoms with Crippen LogP contribution in [0, 0.1) is 17.1 Å². The van der Waals surface area contributed by atoms with Crippen LogP contribution in [0.15, 0.2) is 53.4 Å². The van der Waals surface area contributed by atoms with Crippen molar-refractivity contribution in [1.29, 1.82) is 5.26 Å². The summed E-state index contributed by atoms with van der Waals surface area (Å²) < 4.78 is 77.8. The van der Waals surface area contributed by atoms with Crippen LogP contribution in [0.3, 0.4) is 0 Å². The van der Waals surface area contributed by atoms with Gasteiger partial charge in [0.15, 0.2) is 15.5 Å². The minimum atomic E-state index is -4.75. The average Bonchev–Trinajstić information content (AvgIpc) is 3.06. The Morgan fingerprint density at radius 2 is 1.82 bits per heavy atom. The van der Waals surface area contributed by atoms with Gasteiger partial charge in [-0.3, -0.25) is 0 Å². The van der Waals surface area contributed by atoms with Crippen molar-refractivity contribution in [3.8, 4) is 23.0 Å². The standard InChI is InChI=1S/C18H11F4N3O2S/c1-28(26,27)16-6-5-12(8-14(16)19)15-9-17(18(20,21)22)24-25(15)13-4-2-3-11(7-13)10-23/h2-9H,1H3. The van der Waals surface area contributed by atoms with Crippen LogP contribution in [0.1, 0.15) is 11.3 Å². The molecule has 144 valence electrons. The van der Waals surface area contributed by atoms with E-state index in [0.717, 1.165) is 29.1 Å². The van der Waals surface area contributed by atoms with E-state index >= 15 is 0 Å². The molecule has 0 bridgehead atoms. The lowest BCUT2D eigenvalue weighted by Crippen LogP contribution is -2.07. The van der Waals surface area contributed by atoms with Gasteiger partial charge in [0.25, 0.3) is 0 Å². The molecule has 0 N–H and O–H groups in total. The highest BCUT2D eigenvalue weighted by Gasteiger charge is 2.35. The van der Waals surface area contributed by atoms with Gasteiger partial charge in [0.1, 0.15) is 10.7 Å². The SMILES string of the molecule is CS(=O)(=O)c1ccc(-c2cc(C(F)(F)F)nn2-c2cccc(C#N)c2)cc1F. The molecule has 0 unspecified atom stereocenters. The van der Waals surface area contributed by atoms with Crippen molar-refractivity contribution in [1.82, 2.24) is 9.78 Å². The maximum absolute atomic E-state index is 14.3. The van der Waals surface area contributed by atoms with E-state index in [0.29, 0.717) is 0 Å². The molecule has 5 nitrogen and oxygen atoms in total. The molecule has 1 aromatic heterocycles. The number of sulfone groups is 1. The van der Waals surface area contributed by atoms with Gasteiger partial charge >= 0.3 is 6.18 Å². The molecule has 0 amide bonds. The number of nitrogens with zero attached hydrogens (tertiary/aromatic N) is 3. The first kappa shape index (κ1) is 19.6. The van der Waals surface area contributed by atoms with E-state index in [9.17, 15) is 26.0 Å². The van der Waals surface area contributed by atoms with Gasteiger partial charge in [-0.25, -0.2) is 17.5 Å². The quantitative estimate of drug-likeness (QED) is 0.614. The lowest BCUT2D eigenvalue weighted by molar-refractivity contribution is -0.141. The molecule has 0 saturated heterocycles. The topological polar surface area (TPSA) is 75.8 Å². The molecule has 0 aliphatic rings. The van der Waals surface area contributed by atoms with Crippen molar-refractivity contribution in [3.63, 3.8) is 0 Å². The molecule has 3 rings (SSSR count). The van der Waals surface area contributed by atoms with Gasteiger partial charge in [-0.2, -0.15) is 23.5 Å². The number of hydrogen-bond donors (Lipinski definition) is 0. The van der Waals surface area contributed by atoms with E-state index in [1.54, 1.807) is 0 Å². The van der Waals surface area contributed by atoms with E-state index in [-0.39, 0.29) is 22.5 Å². The first-order valence-electron chi connectivity index (χ1n) is 7.68. The largest absolute Gasteiger partial charge is 0.435 e. The highest BCUT2D eigenvalue weighted by atomic mass is 32.2. The Labute approximate surface area is 157 Å². The maximum Gasteiger partial charge on any atom is 0.435 e. The third-order valence-corrected chi connectivity index (χ3v) is 4.98. The second kappa shape index (κ2) is 6.76. The minimum absolute atomic E-state index is 0.00439. The number of halogens is 4. The van der Waals surface area contributed by atoms with Gasteiger partial charge in [-0.15, -0.1) is 0 Å². The van der Waals surface area contributed by atoms with Crippen LogP contribution in [0.5, 0.6) is 0 Å². The zero-order valence-electron chi connectivity index (χ0n) is 14.2. The second-order valence-corrected chi connectivity index (χ2v) is 7.89. The molecule has 10 heteroatoms. The van der Waals surface area contributed by atoms with Gasteiger partial charge in [0.05, 0.1) is 23.0 Å². The van der Waals surface area contributed by atoms with E-state index in [4.69, 9.17) is 5.26 Å². The second-order valence-electron chi connectivity index (χ2n) is 5.90. The summed E-state index contributed by atoms with van der Waals surface area (Å²) in [5.74, 6) is -1.09. The van der Waals surface area contributed by atoms with E-state index in [2.05, 4.69) is 5.10 Å². The van der Waals surface area contributed by atoms with Gasteiger partial charge in [0.2, 0.25) is 0 Å². The zero-order valence-corrected chi connectivity index (χ0v) is 15.0. The summed E-state index contributed by atoms with van der Waals surface area (Å²) in [5, 5.41) is 12.6. The molecule has 0 spiro atoms. The van der Waals surface area contributed by atoms with Crippen molar-refractivity contribution in [2.45, 2.75) is 11.1 Å². The normalized spacial score (nSPS) is 12.0. The molecule has 2 aromatic carbocycles. The molecule has 28 heavy (non-hydrogen) atoms. The Balaban J connectivity index is 2.24. The first-order valence-corrected chi connectivity index (χ1v) is 9.57. The smallest absolute Gasteiger partial charge is 0.232 e. The molecule has 3 aromatic rings. The van der Waals surface area contributed by atoms with Gasteiger partial charge in [0, 0.05) is 11.8 Å². The molecule has 0 aliphatic carbocycles. The number of rotatable bonds is 3. The molecule has 0 saturated carbocycles. The number of hydrogen-bond acceptors (Lipinski definition) is 4.